The summed E-state index contributed by atoms with van der Waals surface area (Å²) in [7, 11) is 0. The Hall–Kier alpha value is -2.22. The van der Waals surface area contributed by atoms with Crippen LogP contribution in [-0.4, -0.2) is 10.8 Å². The van der Waals surface area contributed by atoms with E-state index < -0.39 is 0 Å². The van der Waals surface area contributed by atoms with Gasteiger partial charge in [0.1, 0.15) is 0 Å². The Bertz CT molecular complexity index is 1050. The zero-order valence-corrected chi connectivity index (χ0v) is 18.2. The SMILES string of the molecule is C[C@]12CCC(=O)C=C1CCC1C2CC[C@]2(C)c3nc(-c4ccccc4)ccc3CC12. The van der Waals surface area contributed by atoms with Gasteiger partial charge in [-0.25, -0.2) is 0 Å². The van der Waals surface area contributed by atoms with E-state index in [1.807, 2.05) is 6.08 Å². The van der Waals surface area contributed by atoms with E-state index in [1.165, 1.54) is 48.1 Å². The molecule has 0 bridgehead atoms. The first-order valence-electron chi connectivity index (χ1n) is 11.8. The molecule has 2 saturated carbocycles. The number of pyridine rings is 1. The van der Waals surface area contributed by atoms with Crippen molar-refractivity contribution in [3.8, 4) is 11.3 Å². The minimum Gasteiger partial charge on any atom is -0.295 e. The fourth-order valence-electron chi connectivity index (χ4n) is 7.70. The van der Waals surface area contributed by atoms with Crippen molar-refractivity contribution < 1.29 is 4.79 Å². The van der Waals surface area contributed by atoms with Crippen LogP contribution in [0.5, 0.6) is 0 Å². The molecule has 0 radical (unpaired) electrons. The number of rotatable bonds is 1. The molecule has 1 aromatic carbocycles. The number of nitrogens with zero attached hydrogens (tertiary/aromatic N) is 1. The second-order valence-corrected chi connectivity index (χ2v) is 10.7. The molecule has 2 nitrogen and oxygen atoms in total. The van der Waals surface area contributed by atoms with Crippen molar-refractivity contribution in [3.05, 3.63) is 65.4 Å². The first-order valence-corrected chi connectivity index (χ1v) is 11.8. The number of fused-ring (bicyclic) bond motifs is 7. The van der Waals surface area contributed by atoms with Gasteiger partial charge in [-0.15, -0.1) is 0 Å². The Kier molecular flexibility index (Phi) is 3.95. The smallest absolute Gasteiger partial charge is 0.155 e. The van der Waals surface area contributed by atoms with Gasteiger partial charge in [0.05, 0.1) is 11.4 Å². The minimum atomic E-state index is 0.198. The van der Waals surface area contributed by atoms with Crippen molar-refractivity contribution in [2.45, 2.75) is 64.2 Å². The molecule has 3 unspecified atom stereocenters. The number of aromatic nitrogens is 1. The van der Waals surface area contributed by atoms with Gasteiger partial charge in [-0.05, 0) is 79.4 Å². The number of benzene rings is 1. The summed E-state index contributed by atoms with van der Waals surface area (Å²) in [5.74, 6) is 2.54. The van der Waals surface area contributed by atoms with Crippen molar-refractivity contribution in [1.29, 1.82) is 0 Å². The lowest BCUT2D eigenvalue weighted by molar-refractivity contribution is -0.117. The van der Waals surface area contributed by atoms with E-state index in [9.17, 15) is 4.79 Å². The molecule has 0 saturated heterocycles. The number of ketones is 1. The Morgan fingerprint density at radius 1 is 0.900 bits per heavy atom. The van der Waals surface area contributed by atoms with Crippen LogP contribution in [0.2, 0.25) is 0 Å². The molecule has 4 aliphatic carbocycles. The summed E-state index contributed by atoms with van der Waals surface area (Å²) in [5.41, 5.74) is 7.09. The van der Waals surface area contributed by atoms with Crippen molar-refractivity contribution in [2.24, 2.45) is 23.2 Å². The van der Waals surface area contributed by atoms with E-state index in [2.05, 4.69) is 56.3 Å². The van der Waals surface area contributed by atoms with Crippen LogP contribution in [0.25, 0.3) is 11.3 Å². The van der Waals surface area contributed by atoms with Gasteiger partial charge in [-0.1, -0.05) is 55.8 Å². The molecule has 6 rings (SSSR count). The summed E-state index contributed by atoms with van der Waals surface area (Å²) in [6.45, 7) is 4.97. The maximum absolute atomic E-state index is 12.1. The maximum atomic E-state index is 12.1. The third-order valence-corrected chi connectivity index (χ3v) is 9.38. The molecule has 0 aliphatic heterocycles. The summed E-state index contributed by atoms with van der Waals surface area (Å²) < 4.78 is 0. The molecule has 154 valence electrons. The van der Waals surface area contributed by atoms with Crippen molar-refractivity contribution in [1.82, 2.24) is 4.98 Å². The fraction of sp³-hybridized carbons (Fsp3) is 0.500. The van der Waals surface area contributed by atoms with Crippen LogP contribution in [0.3, 0.4) is 0 Å². The van der Waals surface area contributed by atoms with Gasteiger partial charge in [0.2, 0.25) is 0 Å². The molecule has 2 heteroatoms. The Morgan fingerprint density at radius 3 is 2.57 bits per heavy atom. The molecule has 30 heavy (non-hydrogen) atoms. The van der Waals surface area contributed by atoms with Crippen LogP contribution < -0.4 is 0 Å². The fourth-order valence-corrected chi connectivity index (χ4v) is 7.70. The quantitative estimate of drug-likeness (QED) is 0.566. The topological polar surface area (TPSA) is 30.0 Å². The molecule has 5 atom stereocenters. The zero-order chi connectivity index (χ0) is 20.5. The van der Waals surface area contributed by atoms with Crippen molar-refractivity contribution in [3.63, 3.8) is 0 Å². The van der Waals surface area contributed by atoms with E-state index in [1.54, 1.807) is 0 Å². The number of hydrogen-bond acceptors (Lipinski definition) is 2. The molecular weight excluding hydrogens is 366 g/mol. The highest BCUT2D eigenvalue weighted by molar-refractivity contribution is 5.91. The standard InChI is InChI=1S/C28H31NO/c1-27-14-12-21(30)17-20(27)9-10-22-23(27)13-15-28(2)24(22)16-19-8-11-25(29-26(19)28)18-6-4-3-5-7-18/h3-8,11,17,22-24H,9-10,12-16H2,1-2H3/t22?,23?,24?,27-,28-/m0/s1. The number of allylic oxidation sites excluding steroid dienone is 2. The molecule has 1 heterocycles. The Labute approximate surface area is 179 Å². The third-order valence-electron chi connectivity index (χ3n) is 9.38. The highest BCUT2D eigenvalue weighted by Crippen LogP contribution is 2.64. The van der Waals surface area contributed by atoms with Crippen LogP contribution in [0.1, 0.15) is 63.6 Å². The van der Waals surface area contributed by atoms with Crippen LogP contribution >= 0.6 is 0 Å². The van der Waals surface area contributed by atoms with E-state index in [4.69, 9.17) is 4.98 Å². The lowest BCUT2D eigenvalue weighted by Gasteiger charge is -2.57. The van der Waals surface area contributed by atoms with Gasteiger partial charge in [-0.2, -0.15) is 0 Å². The molecule has 2 fully saturated rings. The molecule has 2 aromatic rings. The number of carbonyl (C=O) groups is 1. The van der Waals surface area contributed by atoms with Gasteiger partial charge in [-0.3, -0.25) is 9.78 Å². The van der Waals surface area contributed by atoms with E-state index in [-0.39, 0.29) is 10.8 Å². The molecular formula is C28H31NO. The Balaban J connectivity index is 1.37. The van der Waals surface area contributed by atoms with Gasteiger partial charge < -0.3 is 0 Å². The molecule has 0 amide bonds. The van der Waals surface area contributed by atoms with Gasteiger partial charge in [0.25, 0.3) is 0 Å². The van der Waals surface area contributed by atoms with Crippen LogP contribution in [-0.2, 0) is 16.6 Å². The summed E-state index contributed by atoms with van der Waals surface area (Å²) >= 11 is 0. The predicted molar refractivity (Wildman–Crippen MR) is 120 cm³/mol. The van der Waals surface area contributed by atoms with Crippen molar-refractivity contribution >= 4 is 5.78 Å². The van der Waals surface area contributed by atoms with Gasteiger partial charge in [0, 0.05) is 17.4 Å². The van der Waals surface area contributed by atoms with E-state index in [0.29, 0.717) is 11.7 Å². The number of carbonyl (C=O) groups excluding carboxylic acids is 1. The molecule has 1 aromatic heterocycles. The zero-order valence-electron chi connectivity index (χ0n) is 18.2. The summed E-state index contributed by atoms with van der Waals surface area (Å²) in [5, 5.41) is 0. The molecule has 0 spiro atoms. The predicted octanol–water partition coefficient (Wildman–Crippen LogP) is 6.29. The minimum absolute atomic E-state index is 0.198. The average molecular weight is 398 g/mol. The first-order chi connectivity index (χ1) is 14.5. The monoisotopic (exact) mass is 397 g/mol. The summed E-state index contributed by atoms with van der Waals surface area (Å²) in [6.07, 6.45) is 9.88. The second kappa shape index (κ2) is 6.39. The maximum Gasteiger partial charge on any atom is 0.155 e. The molecule has 0 N–H and O–H groups in total. The van der Waals surface area contributed by atoms with Crippen LogP contribution in [0.15, 0.2) is 54.1 Å². The average Bonchev–Trinajstić information content (AvgIpc) is 3.07. The third kappa shape index (κ3) is 2.49. The normalized spacial score (nSPS) is 36.9. The second-order valence-electron chi connectivity index (χ2n) is 10.7. The van der Waals surface area contributed by atoms with Gasteiger partial charge >= 0.3 is 0 Å². The molecule has 4 aliphatic rings. The highest BCUT2D eigenvalue weighted by atomic mass is 16.1. The number of hydrogen-bond donors (Lipinski definition) is 0. The summed E-state index contributed by atoms with van der Waals surface area (Å²) in [4.78, 5) is 17.3. The summed E-state index contributed by atoms with van der Waals surface area (Å²) in [6, 6.07) is 15.2. The van der Waals surface area contributed by atoms with Gasteiger partial charge in [0.15, 0.2) is 5.78 Å². The highest BCUT2D eigenvalue weighted by Gasteiger charge is 2.58. The van der Waals surface area contributed by atoms with E-state index in [0.717, 1.165) is 36.8 Å². The van der Waals surface area contributed by atoms with E-state index >= 15 is 0 Å². The van der Waals surface area contributed by atoms with Crippen LogP contribution in [0.4, 0.5) is 0 Å². The lowest BCUT2D eigenvalue weighted by atomic mass is 9.47. The first kappa shape index (κ1) is 18.5. The largest absolute Gasteiger partial charge is 0.295 e. The lowest BCUT2D eigenvalue weighted by Crippen LogP contribution is -2.51. The van der Waals surface area contributed by atoms with Crippen LogP contribution in [0, 0.1) is 23.2 Å². The Morgan fingerprint density at radius 2 is 1.73 bits per heavy atom. The van der Waals surface area contributed by atoms with Crippen molar-refractivity contribution in [2.75, 3.05) is 0 Å².